The van der Waals surface area contributed by atoms with E-state index in [2.05, 4.69) is 46.5 Å². The van der Waals surface area contributed by atoms with Crippen molar-refractivity contribution >= 4 is 11.0 Å². The zero-order valence-electron chi connectivity index (χ0n) is 12.4. The lowest BCUT2D eigenvalue weighted by molar-refractivity contribution is 0.0369. The van der Waals surface area contributed by atoms with Crippen molar-refractivity contribution in [3.63, 3.8) is 0 Å². The summed E-state index contributed by atoms with van der Waals surface area (Å²) in [5, 5.41) is 0. The highest BCUT2D eigenvalue weighted by Crippen LogP contribution is 2.18. The smallest absolute Gasteiger partial charge is 0.106 e. The average molecular weight is 273 g/mol. The number of ether oxygens (including phenoxy) is 1. The first-order valence-electron chi connectivity index (χ1n) is 7.47. The predicted molar refractivity (Wildman–Crippen MR) is 81.1 cm³/mol. The van der Waals surface area contributed by atoms with Crippen LogP contribution in [0.1, 0.15) is 17.8 Å². The molecule has 1 saturated heterocycles. The van der Waals surface area contributed by atoms with Crippen LogP contribution in [0.2, 0.25) is 0 Å². The third-order valence-electron chi connectivity index (χ3n) is 4.05. The van der Waals surface area contributed by atoms with E-state index < -0.39 is 0 Å². The fourth-order valence-corrected chi connectivity index (χ4v) is 2.91. The third-order valence-corrected chi connectivity index (χ3v) is 4.05. The summed E-state index contributed by atoms with van der Waals surface area (Å²) in [7, 11) is 0. The van der Waals surface area contributed by atoms with Gasteiger partial charge in [0.1, 0.15) is 5.82 Å². The van der Waals surface area contributed by atoms with Gasteiger partial charge in [0.25, 0.3) is 0 Å². The van der Waals surface area contributed by atoms with Crippen LogP contribution < -0.4 is 0 Å². The van der Waals surface area contributed by atoms with E-state index in [4.69, 9.17) is 4.74 Å². The maximum absolute atomic E-state index is 5.38. The molecule has 1 aromatic carbocycles. The third kappa shape index (κ3) is 2.86. The number of fused-ring (bicyclic) bond motifs is 1. The van der Waals surface area contributed by atoms with Crippen molar-refractivity contribution in [2.75, 3.05) is 32.8 Å². The van der Waals surface area contributed by atoms with Gasteiger partial charge in [-0.15, -0.1) is 0 Å². The molecular weight excluding hydrogens is 250 g/mol. The highest BCUT2D eigenvalue weighted by atomic mass is 16.5. The lowest BCUT2D eigenvalue weighted by Gasteiger charge is -2.26. The number of nitrogens with zero attached hydrogens (tertiary/aromatic N) is 3. The quantitative estimate of drug-likeness (QED) is 0.857. The first-order valence-corrected chi connectivity index (χ1v) is 7.47. The van der Waals surface area contributed by atoms with Crippen molar-refractivity contribution in [1.29, 1.82) is 0 Å². The summed E-state index contributed by atoms with van der Waals surface area (Å²) in [6.07, 6.45) is 1.17. The summed E-state index contributed by atoms with van der Waals surface area (Å²) in [4.78, 5) is 7.14. The molecule has 3 rings (SSSR count). The number of benzene rings is 1. The first-order chi connectivity index (χ1) is 9.74. The van der Waals surface area contributed by atoms with Gasteiger partial charge in [0.2, 0.25) is 0 Å². The minimum absolute atomic E-state index is 0.881. The summed E-state index contributed by atoms with van der Waals surface area (Å²) in [5.74, 6) is 1.12. The summed E-state index contributed by atoms with van der Waals surface area (Å²) in [6, 6.07) is 6.49. The molecule has 4 heteroatoms. The molecular formula is C16H23N3O. The zero-order chi connectivity index (χ0) is 13.9. The molecule has 4 nitrogen and oxygen atoms in total. The van der Waals surface area contributed by atoms with Crippen molar-refractivity contribution in [3.8, 4) is 0 Å². The summed E-state index contributed by atoms with van der Waals surface area (Å²) < 4.78 is 7.73. The summed E-state index contributed by atoms with van der Waals surface area (Å²) in [6.45, 7) is 10.3. The Hall–Kier alpha value is -1.39. The largest absolute Gasteiger partial charge is 0.379 e. The van der Waals surface area contributed by atoms with Crippen molar-refractivity contribution in [3.05, 3.63) is 29.6 Å². The van der Waals surface area contributed by atoms with Crippen LogP contribution >= 0.6 is 0 Å². The van der Waals surface area contributed by atoms with Gasteiger partial charge in [-0.1, -0.05) is 6.07 Å². The van der Waals surface area contributed by atoms with Crippen LogP contribution in [-0.4, -0.2) is 47.3 Å². The number of aryl methyl sites for hydroxylation is 3. The molecule has 1 aromatic heterocycles. The minimum atomic E-state index is 0.881. The van der Waals surface area contributed by atoms with Crippen LogP contribution in [-0.2, 0) is 11.3 Å². The minimum Gasteiger partial charge on any atom is -0.379 e. The maximum atomic E-state index is 5.38. The van der Waals surface area contributed by atoms with Crippen LogP contribution in [0.5, 0.6) is 0 Å². The van der Waals surface area contributed by atoms with E-state index in [1.54, 1.807) is 0 Å². The summed E-state index contributed by atoms with van der Waals surface area (Å²) >= 11 is 0. The number of imidazole rings is 1. The standard InChI is InChI=1S/C16H23N3O/c1-13-4-5-15-16(12-13)19(14(2)17-15)7-3-6-18-8-10-20-11-9-18/h4-5,12H,3,6-11H2,1-2H3. The molecule has 0 N–H and O–H groups in total. The number of hydrogen-bond donors (Lipinski definition) is 0. The van der Waals surface area contributed by atoms with Crippen molar-refractivity contribution < 1.29 is 4.74 Å². The van der Waals surface area contributed by atoms with E-state index >= 15 is 0 Å². The zero-order valence-corrected chi connectivity index (χ0v) is 12.4. The molecule has 0 spiro atoms. The molecule has 108 valence electrons. The topological polar surface area (TPSA) is 30.3 Å². The Morgan fingerprint density at radius 1 is 1.15 bits per heavy atom. The van der Waals surface area contributed by atoms with E-state index in [1.807, 2.05) is 0 Å². The molecule has 2 heterocycles. The van der Waals surface area contributed by atoms with E-state index in [1.165, 1.54) is 17.5 Å². The van der Waals surface area contributed by atoms with Gasteiger partial charge in [-0.3, -0.25) is 4.90 Å². The van der Waals surface area contributed by atoms with Gasteiger partial charge < -0.3 is 9.30 Å². The highest BCUT2D eigenvalue weighted by molar-refractivity contribution is 5.76. The Labute approximate surface area is 120 Å². The second-order valence-electron chi connectivity index (χ2n) is 5.61. The molecule has 0 bridgehead atoms. The molecule has 0 saturated carbocycles. The predicted octanol–water partition coefficient (Wildman–Crippen LogP) is 2.38. The van der Waals surface area contributed by atoms with E-state index in [9.17, 15) is 0 Å². The van der Waals surface area contributed by atoms with Crippen molar-refractivity contribution in [2.45, 2.75) is 26.8 Å². The number of rotatable bonds is 4. The molecule has 2 aromatic rings. The van der Waals surface area contributed by atoms with Gasteiger partial charge in [0.15, 0.2) is 0 Å². The first kappa shape index (κ1) is 13.6. The van der Waals surface area contributed by atoms with Crippen molar-refractivity contribution in [1.82, 2.24) is 14.5 Å². The van der Waals surface area contributed by atoms with Gasteiger partial charge in [0, 0.05) is 26.2 Å². The van der Waals surface area contributed by atoms with E-state index in [-0.39, 0.29) is 0 Å². The number of hydrogen-bond acceptors (Lipinski definition) is 3. The Kier molecular flexibility index (Phi) is 4.03. The number of aromatic nitrogens is 2. The Morgan fingerprint density at radius 2 is 1.95 bits per heavy atom. The van der Waals surface area contributed by atoms with Crippen LogP contribution in [0, 0.1) is 13.8 Å². The van der Waals surface area contributed by atoms with E-state index in [0.717, 1.165) is 50.7 Å². The monoisotopic (exact) mass is 273 g/mol. The molecule has 0 atom stereocenters. The Bertz CT molecular complexity index is 585. The second kappa shape index (κ2) is 5.94. The number of morpholine rings is 1. The molecule has 20 heavy (non-hydrogen) atoms. The molecule has 0 unspecified atom stereocenters. The van der Waals surface area contributed by atoms with Crippen LogP contribution in [0.4, 0.5) is 0 Å². The van der Waals surface area contributed by atoms with Crippen LogP contribution in [0.25, 0.3) is 11.0 Å². The molecule has 1 aliphatic heterocycles. The van der Waals surface area contributed by atoms with Gasteiger partial charge in [-0.2, -0.15) is 0 Å². The van der Waals surface area contributed by atoms with Crippen LogP contribution in [0.15, 0.2) is 18.2 Å². The fraction of sp³-hybridized carbons (Fsp3) is 0.562. The molecule has 0 amide bonds. The lowest BCUT2D eigenvalue weighted by Crippen LogP contribution is -2.37. The maximum Gasteiger partial charge on any atom is 0.106 e. The van der Waals surface area contributed by atoms with Crippen molar-refractivity contribution in [2.24, 2.45) is 0 Å². The van der Waals surface area contributed by atoms with Crippen LogP contribution in [0.3, 0.4) is 0 Å². The molecule has 1 fully saturated rings. The molecule has 1 aliphatic rings. The van der Waals surface area contributed by atoms with Gasteiger partial charge >= 0.3 is 0 Å². The van der Waals surface area contributed by atoms with Gasteiger partial charge in [-0.25, -0.2) is 4.98 Å². The SMILES string of the molecule is Cc1ccc2nc(C)n(CCCN3CCOCC3)c2c1. The second-order valence-corrected chi connectivity index (χ2v) is 5.61. The Morgan fingerprint density at radius 3 is 2.75 bits per heavy atom. The van der Waals surface area contributed by atoms with Gasteiger partial charge in [0.05, 0.1) is 24.2 Å². The lowest BCUT2D eigenvalue weighted by atomic mass is 10.2. The molecule has 0 aliphatic carbocycles. The average Bonchev–Trinajstić information content (AvgIpc) is 2.76. The van der Waals surface area contributed by atoms with E-state index in [0.29, 0.717) is 0 Å². The fourth-order valence-electron chi connectivity index (χ4n) is 2.91. The normalized spacial score (nSPS) is 16.9. The molecule has 0 radical (unpaired) electrons. The summed E-state index contributed by atoms with van der Waals surface area (Å²) in [5.41, 5.74) is 3.68. The Balaban J connectivity index is 1.67. The van der Waals surface area contributed by atoms with Gasteiger partial charge in [-0.05, 0) is 38.0 Å². The highest BCUT2D eigenvalue weighted by Gasteiger charge is 2.11.